The summed E-state index contributed by atoms with van der Waals surface area (Å²) in [6.07, 6.45) is 1.57. The number of carboxylic acid groups (broad SMARTS) is 1. The summed E-state index contributed by atoms with van der Waals surface area (Å²) in [7, 11) is 0. The van der Waals surface area contributed by atoms with E-state index in [0.29, 0.717) is 19.8 Å². The van der Waals surface area contributed by atoms with Crippen LogP contribution >= 0.6 is 0 Å². The number of rotatable bonds is 10. The van der Waals surface area contributed by atoms with Gasteiger partial charge in [0.25, 0.3) is 0 Å². The summed E-state index contributed by atoms with van der Waals surface area (Å²) in [4.78, 5) is 11.1. The number of aryl methyl sites for hydroxylation is 1. The molecule has 4 rings (SSSR count). The molecule has 6 heteroatoms. The zero-order valence-corrected chi connectivity index (χ0v) is 17.1. The lowest BCUT2D eigenvalue weighted by Crippen LogP contribution is -2.05. The fourth-order valence-electron chi connectivity index (χ4n) is 3.71. The molecule has 0 amide bonds. The van der Waals surface area contributed by atoms with E-state index in [9.17, 15) is 9.18 Å². The third-order valence-electron chi connectivity index (χ3n) is 5.20. The molecule has 31 heavy (non-hydrogen) atoms. The fraction of sp³-hybridized carbons (Fsp3) is 0.240. The number of benzene rings is 3. The van der Waals surface area contributed by atoms with Gasteiger partial charge in [0.2, 0.25) is 0 Å². The van der Waals surface area contributed by atoms with Gasteiger partial charge in [-0.15, -0.1) is 0 Å². The average Bonchev–Trinajstić information content (AvgIpc) is 3.09. The molecule has 1 aromatic heterocycles. The molecular formula is C25H24FNO4. The lowest BCUT2D eigenvalue weighted by molar-refractivity contribution is -0.137. The molecule has 160 valence electrons. The van der Waals surface area contributed by atoms with Crippen molar-refractivity contribution < 1.29 is 23.8 Å². The maximum Gasteiger partial charge on any atom is 0.305 e. The lowest BCUT2D eigenvalue weighted by Gasteiger charge is -2.09. The molecule has 0 atom stereocenters. The van der Waals surface area contributed by atoms with Gasteiger partial charge in [0, 0.05) is 28.9 Å². The van der Waals surface area contributed by atoms with Crippen LogP contribution in [-0.4, -0.2) is 28.9 Å². The van der Waals surface area contributed by atoms with E-state index >= 15 is 0 Å². The van der Waals surface area contributed by atoms with Gasteiger partial charge in [-0.05, 0) is 43.2 Å². The first-order valence-corrected chi connectivity index (χ1v) is 10.4. The van der Waals surface area contributed by atoms with E-state index in [4.69, 9.17) is 14.6 Å². The summed E-state index contributed by atoms with van der Waals surface area (Å²) in [5, 5.41) is 11.3. The molecule has 1 heterocycles. The summed E-state index contributed by atoms with van der Waals surface area (Å²) < 4.78 is 26.9. The molecule has 0 bridgehead atoms. The number of ether oxygens (including phenoxy) is 2. The first-order chi connectivity index (χ1) is 15.1. The molecule has 0 spiro atoms. The third kappa shape index (κ3) is 4.79. The minimum Gasteiger partial charge on any atom is -0.494 e. The number of aromatic nitrogens is 1. The number of unbranched alkanes of at least 4 members (excludes halogenated alkanes) is 1. The molecule has 0 radical (unpaired) electrons. The molecule has 0 aliphatic heterocycles. The second-order valence-electron chi connectivity index (χ2n) is 7.33. The summed E-state index contributed by atoms with van der Waals surface area (Å²) in [5.41, 5.74) is 1.98. The Balaban J connectivity index is 1.39. The van der Waals surface area contributed by atoms with Gasteiger partial charge in [-0.3, -0.25) is 4.79 Å². The predicted octanol–water partition coefficient (Wildman–Crippen LogP) is 5.65. The summed E-state index contributed by atoms with van der Waals surface area (Å²) in [6, 6.07) is 20.3. The van der Waals surface area contributed by atoms with E-state index in [1.54, 1.807) is 18.2 Å². The van der Waals surface area contributed by atoms with Crippen molar-refractivity contribution in [2.75, 3.05) is 13.2 Å². The minimum atomic E-state index is -0.823. The van der Waals surface area contributed by atoms with Crippen molar-refractivity contribution >= 4 is 27.8 Å². The summed E-state index contributed by atoms with van der Waals surface area (Å²) in [6.45, 7) is 1.34. The highest BCUT2D eigenvalue weighted by molar-refractivity contribution is 6.08. The number of nitrogens with zero attached hydrogens (tertiary/aromatic N) is 1. The second-order valence-corrected chi connectivity index (χ2v) is 7.33. The number of fused-ring (bicyclic) bond motifs is 3. The van der Waals surface area contributed by atoms with E-state index in [1.165, 1.54) is 6.07 Å². The van der Waals surface area contributed by atoms with Crippen LogP contribution in [0.5, 0.6) is 11.5 Å². The van der Waals surface area contributed by atoms with Crippen molar-refractivity contribution in [3.8, 4) is 11.5 Å². The largest absolute Gasteiger partial charge is 0.494 e. The second kappa shape index (κ2) is 9.51. The van der Waals surface area contributed by atoms with E-state index in [0.717, 1.165) is 40.4 Å². The molecule has 0 fully saturated rings. The van der Waals surface area contributed by atoms with Gasteiger partial charge in [0.15, 0.2) is 11.6 Å². The van der Waals surface area contributed by atoms with Crippen molar-refractivity contribution in [2.45, 2.75) is 25.8 Å². The SMILES string of the molecule is O=C(O)CCn1c2ccccc2c2ccc(OCCCCOc3ccccc3F)cc21. The maximum atomic E-state index is 13.5. The van der Waals surface area contributed by atoms with Crippen LogP contribution in [0, 0.1) is 5.82 Å². The van der Waals surface area contributed by atoms with Gasteiger partial charge in [-0.2, -0.15) is 0 Å². The highest BCUT2D eigenvalue weighted by Gasteiger charge is 2.12. The van der Waals surface area contributed by atoms with E-state index in [1.807, 2.05) is 47.0 Å². The predicted molar refractivity (Wildman–Crippen MR) is 118 cm³/mol. The maximum absolute atomic E-state index is 13.5. The standard InChI is InChI=1S/C25H24FNO4/c26-21-8-2-4-10-24(21)31-16-6-5-15-30-18-11-12-20-19-7-1-3-9-22(19)27(23(20)17-18)14-13-25(28)29/h1-4,7-12,17H,5-6,13-16H2,(H,28,29). The van der Waals surface area contributed by atoms with Crippen LogP contribution in [0.15, 0.2) is 66.7 Å². The van der Waals surface area contributed by atoms with Crippen LogP contribution in [0.1, 0.15) is 19.3 Å². The smallest absolute Gasteiger partial charge is 0.305 e. The lowest BCUT2D eigenvalue weighted by atomic mass is 10.1. The van der Waals surface area contributed by atoms with E-state index in [-0.39, 0.29) is 18.0 Å². The fourth-order valence-corrected chi connectivity index (χ4v) is 3.71. The number of hydrogen-bond donors (Lipinski definition) is 1. The molecule has 1 N–H and O–H groups in total. The number of carboxylic acids is 1. The Morgan fingerprint density at radius 3 is 2.39 bits per heavy atom. The minimum absolute atomic E-state index is 0.0564. The van der Waals surface area contributed by atoms with Crippen LogP contribution in [0.3, 0.4) is 0 Å². The Morgan fingerprint density at radius 1 is 0.871 bits per heavy atom. The Labute approximate surface area is 179 Å². The van der Waals surface area contributed by atoms with Crippen LogP contribution in [-0.2, 0) is 11.3 Å². The van der Waals surface area contributed by atoms with E-state index in [2.05, 4.69) is 0 Å². The summed E-state index contributed by atoms with van der Waals surface area (Å²) in [5.74, 6) is -0.175. The van der Waals surface area contributed by atoms with Gasteiger partial charge in [0.1, 0.15) is 5.75 Å². The molecule has 4 aromatic rings. The molecule has 3 aromatic carbocycles. The number of aliphatic carboxylic acids is 1. The van der Waals surface area contributed by atoms with Crippen LogP contribution in [0.4, 0.5) is 4.39 Å². The van der Waals surface area contributed by atoms with Gasteiger partial charge in [-0.25, -0.2) is 4.39 Å². The molecular weight excluding hydrogens is 397 g/mol. The molecule has 0 aliphatic rings. The van der Waals surface area contributed by atoms with Crippen molar-refractivity contribution in [3.05, 3.63) is 72.5 Å². The van der Waals surface area contributed by atoms with Crippen LogP contribution in [0.2, 0.25) is 0 Å². The highest BCUT2D eigenvalue weighted by atomic mass is 19.1. The van der Waals surface area contributed by atoms with Crippen molar-refractivity contribution in [1.29, 1.82) is 0 Å². The van der Waals surface area contributed by atoms with E-state index < -0.39 is 5.97 Å². The number of halogens is 1. The van der Waals surface area contributed by atoms with Gasteiger partial charge in [-0.1, -0.05) is 30.3 Å². The zero-order valence-electron chi connectivity index (χ0n) is 17.1. The molecule has 0 saturated carbocycles. The molecule has 0 aliphatic carbocycles. The van der Waals surface area contributed by atoms with Crippen LogP contribution in [0.25, 0.3) is 21.8 Å². The Hall–Kier alpha value is -3.54. The normalized spacial score (nSPS) is 11.1. The Morgan fingerprint density at radius 2 is 1.58 bits per heavy atom. The van der Waals surface area contributed by atoms with Gasteiger partial charge >= 0.3 is 5.97 Å². The quantitative estimate of drug-likeness (QED) is 0.336. The summed E-state index contributed by atoms with van der Waals surface area (Å²) >= 11 is 0. The Kier molecular flexibility index (Phi) is 6.36. The van der Waals surface area contributed by atoms with Crippen molar-refractivity contribution in [3.63, 3.8) is 0 Å². The molecule has 0 saturated heterocycles. The number of carbonyl (C=O) groups is 1. The van der Waals surface area contributed by atoms with Gasteiger partial charge < -0.3 is 19.1 Å². The topological polar surface area (TPSA) is 60.7 Å². The van der Waals surface area contributed by atoms with Crippen molar-refractivity contribution in [1.82, 2.24) is 4.57 Å². The average molecular weight is 421 g/mol. The van der Waals surface area contributed by atoms with Crippen molar-refractivity contribution in [2.24, 2.45) is 0 Å². The number of para-hydroxylation sites is 2. The first-order valence-electron chi connectivity index (χ1n) is 10.4. The van der Waals surface area contributed by atoms with Gasteiger partial charge in [0.05, 0.1) is 25.2 Å². The zero-order chi connectivity index (χ0) is 21.6. The van der Waals surface area contributed by atoms with Crippen LogP contribution < -0.4 is 9.47 Å². The number of hydrogen-bond acceptors (Lipinski definition) is 3. The molecule has 0 unspecified atom stereocenters. The first kappa shape index (κ1) is 20.7. The Bertz CT molecular complexity index is 1200. The third-order valence-corrected chi connectivity index (χ3v) is 5.20. The molecule has 5 nitrogen and oxygen atoms in total. The highest BCUT2D eigenvalue weighted by Crippen LogP contribution is 2.31. The monoisotopic (exact) mass is 421 g/mol.